The molecule has 2 aliphatic carbocycles. The topological polar surface area (TPSA) is 51.2 Å². The van der Waals surface area contributed by atoms with Gasteiger partial charge >= 0.3 is 6.09 Å². The monoisotopic (exact) mass is 436 g/mol. The maximum atomic E-state index is 13.5. The molecule has 170 valence electrons. The molecular formula is C27H33FN2O2. The van der Waals surface area contributed by atoms with Gasteiger partial charge in [-0.05, 0) is 100 Å². The Morgan fingerprint density at radius 2 is 1.97 bits per heavy atom. The number of hydrogen-bond donors (Lipinski definition) is 1. The third kappa shape index (κ3) is 5.76. The maximum absolute atomic E-state index is 13.5. The summed E-state index contributed by atoms with van der Waals surface area (Å²) in [5.74, 6) is 1.65. The van der Waals surface area contributed by atoms with Gasteiger partial charge in [-0.25, -0.2) is 9.18 Å². The van der Waals surface area contributed by atoms with E-state index in [0.29, 0.717) is 17.8 Å². The largest absolute Gasteiger partial charge is 0.444 e. The van der Waals surface area contributed by atoms with Gasteiger partial charge in [-0.1, -0.05) is 24.3 Å². The number of alkyl carbamates (subject to hydrolysis) is 1. The van der Waals surface area contributed by atoms with Gasteiger partial charge in [0.1, 0.15) is 11.4 Å². The molecule has 5 heteroatoms. The number of hydrogen-bond acceptors (Lipinski definition) is 3. The van der Waals surface area contributed by atoms with E-state index in [1.54, 1.807) is 12.3 Å². The summed E-state index contributed by atoms with van der Waals surface area (Å²) < 4.78 is 18.9. The summed E-state index contributed by atoms with van der Waals surface area (Å²) in [5, 5.41) is 3.07. The standard InChI is InChI=1S/C27H33FN2O2/c1-27(2,3)32-26(31)30-24-13-14-25-18(7-8-20(25)16-24)9-11-23-12-10-21(17-29-23)19-5-4-6-22(28)15-19/h4-6,9-12,15,17-18,20,24-25H,7-8,13-14,16H2,1-3H3,(H,30,31)/b11-9+/t18-,20-,24-,25+/m0/s1. The second kappa shape index (κ2) is 9.43. The number of nitrogens with zero attached hydrogens (tertiary/aromatic N) is 1. The van der Waals surface area contributed by atoms with E-state index in [1.165, 1.54) is 25.0 Å². The number of benzene rings is 1. The molecule has 2 aliphatic rings. The summed E-state index contributed by atoms with van der Waals surface area (Å²) in [6.07, 6.45) is 11.5. The van der Waals surface area contributed by atoms with E-state index in [2.05, 4.69) is 22.5 Å². The van der Waals surface area contributed by atoms with Gasteiger partial charge in [0.2, 0.25) is 0 Å². The zero-order valence-electron chi connectivity index (χ0n) is 19.2. The van der Waals surface area contributed by atoms with Crippen molar-refractivity contribution in [3.8, 4) is 11.1 Å². The second-order valence-corrected chi connectivity index (χ2v) is 10.2. The summed E-state index contributed by atoms with van der Waals surface area (Å²) in [4.78, 5) is 16.7. The van der Waals surface area contributed by atoms with Crippen LogP contribution in [0.2, 0.25) is 0 Å². The molecule has 1 amide bonds. The Hall–Kier alpha value is -2.69. The summed E-state index contributed by atoms with van der Waals surface area (Å²) in [6.45, 7) is 5.67. The molecular weight excluding hydrogens is 403 g/mol. The van der Waals surface area contributed by atoms with Crippen molar-refractivity contribution in [2.24, 2.45) is 17.8 Å². The lowest BCUT2D eigenvalue weighted by molar-refractivity contribution is 0.0474. The lowest BCUT2D eigenvalue weighted by Crippen LogP contribution is -2.42. The highest BCUT2D eigenvalue weighted by Gasteiger charge is 2.39. The van der Waals surface area contributed by atoms with Gasteiger partial charge in [0, 0.05) is 17.8 Å². The SMILES string of the molecule is CC(C)(C)OC(=O)N[C@H]1CC[C@H]2[C@@H](CC[C@H]2/C=C/c2ccc(-c3cccc(F)c3)cn2)C1. The number of halogens is 1. The molecule has 2 saturated carbocycles. The first-order chi connectivity index (χ1) is 15.3. The predicted octanol–water partition coefficient (Wildman–Crippen LogP) is 6.62. The van der Waals surface area contributed by atoms with E-state index in [0.717, 1.165) is 36.1 Å². The van der Waals surface area contributed by atoms with Crippen molar-refractivity contribution < 1.29 is 13.9 Å². The van der Waals surface area contributed by atoms with E-state index in [9.17, 15) is 9.18 Å². The highest BCUT2D eigenvalue weighted by Crippen LogP contribution is 2.46. The molecule has 0 bridgehead atoms. The van der Waals surface area contributed by atoms with Gasteiger partial charge in [0.05, 0.1) is 5.69 Å². The third-order valence-electron chi connectivity index (χ3n) is 6.64. The third-order valence-corrected chi connectivity index (χ3v) is 6.64. The number of carbonyl (C=O) groups is 1. The fourth-order valence-electron chi connectivity index (χ4n) is 5.21. The van der Waals surface area contributed by atoms with Gasteiger partial charge in [-0.3, -0.25) is 4.98 Å². The van der Waals surface area contributed by atoms with Crippen molar-refractivity contribution in [1.82, 2.24) is 10.3 Å². The second-order valence-electron chi connectivity index (χ2n) is 10.2. The molecule has 4 atom stereocenters. The lowest BCUT2D eigenvalue weighted by atomic mass is 9.76. The number of amides is 1. The van der Waals surface area contributed by atoms with Crippen molar-refractivity contribution >= 4 is 12.2 Å². The molecule has 4 rings (SSSR count). The number of ether oxygens (including phenoxy) is 1. The molecule has 2 aromatic rings. The maximum Gasteiger partial charge on any atom is 0.407 e. The van der Waals surface area contributed by atoms with Crippen LogP contribution in [0.3, 0.4) is 0 Å². The van der Waals surface area contributed by atoms with Crippen LogP contribution in [0.4, 0.5) is 9.18 Å². The molecule has 0 unspecified atom stereocenters. The minimum absolute atomic E-state index is 0.214. The predicted molar refractivity (Wildman–Crippen MR) is 125 cm³/mol. The first kappa shape index (κ1) is 22.5. The van der Waals surface area contributed by atoms with Gasteiger partial charge in [0.25, 0.3) is 0 Å². The minimum atomic E-state index is -0.464. The van der Waals surface area contributed by atoms with E-state index in [4.69, 9.17) is 4.74 Å². The first-order valence-corrected chi connectivity index (χ1v) is 11.7. The van der Waals surface area contributed by atoms with Gasteiger partial charge in [0.15, 0.2) is 0 Å². The molecule has 0 saturated heterocycles. The molecule has 2 fully saturated rings. The summed E-state index contributed by atoms with van der Waals surface area (Å²) >= 11 is 0. The quantitative estimate of drug-likeness (QED) is 0.586. The number of nitrogens with one attached hydrogen (secondary N) is 1. The molecule has 0 radical (unpaired) electrons. The molecule has 0 spiro atoms. The molecule has 4 nitrogen and oxygen atoms in total. The highest BCUT2D eigenvalue weighted by molar-refractivity contribution is 5.68. The summed E-state index contributed by atoms with van der Waals surface area (Å²) in [7, 11) is 0. The van der Waals surface area contributed by atoms with Crippen LogP contribution >= 0.6 is 0 Å². The van der Waals surface area contributed by atoms with Crippen molar-refractivity contribution in [3.05, 3.63) is 60.2 Å². The van der Waals surface area contributed by atoms with Crippen molar-refractivity contribution in [1.29, 1.82) is 0 Å². The fourth-order valence-corrected chi connectivity index (χ4v) is 5.21. The van der Waals surface area contributed by atoms with Gasteiger partial charge in [-0.15, -0.1) is 0 Å². The van der Waals surface area contributed by atoms with Crippen LogP contribution in [0, 0.1) is 23.6 Å². The average molecular weight is 437 g/mol. The Morgan fingerprint density at radius 3 is 2.69 bits per heavy atom. The first-order valence-electron chi connectivity index (χ1n) is 11.7. The fraction of sp³-hybridized carbons (Fsp3) is 0.481. The number of pyridine rings is 1. The van der Waals surface area contributed by atoms with Crippen molar-refractivity contribution in [3.63, 3.8) is 0 Å². The zero-order chi connectivity index (χ0) is 22.7. The molecule has 1 heterocycles. The molecule has 0 aliphatic heterocycles. The Kier molecular flexibility index (Phi) is 6.63. The van der Waals surface area contributed by atoms with E-state index < -0.39 is 5.60 Å². The number of allylic oxidation sites excluding steroid dienone is 1. The van der Waals surface area contributed by atoms with E-state index in [1.807, 2.05) is 39.0 Å². The van der Waals surface area contributed by atoms with Crippen LogP contribution in [0.5, 0.6) is 0 Å². The number of carbonyl (C=O) groups excluding carboxylic acids is 1. The molecule has 1 aromatic carbocycles. The van der Waals surface area contributed by atoms with Crippen LogP contribution in [-0.4, -0.2) is 22.7 Å². The van der Waals surface area contributed by atoms with Crippen LogP contribution in [0.25, 0.3) is 17.2 Å². The molecule has 1 N–H and O–H groups in total. The number of fused-ring (bicyclic) bond motifs is 1. The van der Waals surface area contributed by atoms with Crippen LogP contribution in [-0.2, 0) is 4.74 Å². The lowest BCUT2D eigenvalue weighted by Gasteiger charge is -2.34. The summed E-state index contributed by atoms with van der Waals surface area (Å²) in [5.41, 5.74) is 2.21. The number of aromatic nitrogens is 1. The van der Waals surface area contributed by atoms with E-state index in [-0.39, 0.29) is 18.0 Å². The summed E-state index contributed by atoms with van der Waals surface area (Å²) in [6, 6.07) is 10.8. The normalized spacial score (nSPS) is 25.5. The number of rotatable bonds is 4. The van der Waals surface area contributed by atoms with Crippen molar-refractivity contribution in [2.45, 2.75) is 64.5 Å². The van der Waals surface area contributed by atoms with Crippen LogP contribution in [0.15, 0.2) is 48.7 Å². The molecule has 32 heavy (non-hydrogen) atoms. The highest BCUT2D eigenvalue weighted by atomic mass is 19.1. The van der Waals surface area contributed by atoms with Crippen LogP contribution < -0.4 is 5.32 Å². The van der Waals surface area contributed by atoms with Crippen molar-refractivity contribution in [2.75, 3.05) is 0 Å². The molecule has 1 aromatic heterocycles. The van der Waals surface area contributed by atoms with E-state index >= 15 is 0 Å². The Balaban J connectivity index is 1.31. The Morgan fingerprint density at radius 1 is 1.12 bits per heavy atom. The minimum Gasteiger partial charge on any atom is -0.444 e. The average Bonchev–Trinajstić information content (AvgIpc) is 3.13. The van der Waals surface area contributed by atoms with Crippen LogP contribution in [0.1, 0.15) is 58.6 Å². The smallest absolute Gasteiger partial charge is 0.407 e. The van der Waals surface area contributed by atoms with Gasteiger partial charge in [-0.2, -0.15) is 0 Å². The zero-order valence-corrected chi connectivity index (χ0v) is 19.2. The Bertz CT molecular complexity index is 964. The Labute approximate surface area is 190 Å². The van der Waals surface area contributed by atoms with Gasteiger partial charge < -0.3 is 10.1 Å².